The summed E-state index contributed by atoms with van der Waals surface area (Å²) in [5, 5.41) is 40.3. The molecule has 13 atom stereocenters. The van der Waals surface area contributed by atoms with Gasteiger partial charge in [0.25, 0.3) is 5.91 Å². The van der Waals surface area contributed by atoms with Crippen LogP contribution in [-0.2, 0) is 38.1 Å². The fraction of sp³-hybridized carbons (Fsp3) is 0.609. The largest absolute Gasteiger partial charge is 0.515 e. The van der Waals surface area contributed by atoms with E-state index in [2.05, 4.69) is 5.32 Å². The van der Waals surface area contributed by atoms with Gasteiger partial charge in [-0.3, -0.25) is 19.2 Å². The van der Waals surface area contributed by atoms with Gasteiger partial charge in [0, 0.05) is 50.4 Å². The number of benzene rings is 1. The van der Waals surface area contributed by atoms with Gasteiger partial charge in [-0.05, 0) is 68.0 Å². The molecule has 16 nitrogen and oxygen atoms in total. The lowest BCUT2D eigenvalue weighted by atomic mass is 9.48. The van der Waals surface area contributed by atoms with Crippen LogP contribution in [0.4, 0.5) is 0 Å². The monoisotopic (exact) mass is 864 g/mol. The van der Waals surface area contributed by atoms with Gasteiger partial charge in [0.05, 0.1) is 48.7 Å². The van der Waals surface area contributed by atoms with E-state index in [1.165, 1.54) is 38.3 Å². The molecular weight excluding hydrogens is 806 g/mol. The number of hydrogen-bond acceptors (Lipinski definition) is 14. The molecule has 3 saturated carbocycles. The third-order valence-corrected chi connectivity index (χ3v) is 14.4. The van der Waals surface area contributed by atoms with Gasteiger partial charge in [-0.1, -0.05) is 44.4 Å². The molecule has 5 aliphatic rings. The van der Waals surface area contributed by atoms with Crippen LogP contribution in [0, 0.1) is 35.0 Å². The summed E-state index contributed by atoms with van der Waals surface area (Å²) >= 11 is 0. The van der Waals surface area contributed by atoms with Crippen LogP contribution in [0.3, 0.4) is 0 Å². The van der Waals surface area contributed by atoms with Crippen LogP contribution < -0.4 is 5.32 Å². The van der Waals surface area contributed by atoms with Gasteiger partial charge >= 0.3 is 23.9 Å². The molecule has 62 heavy (non-hydrogen) atoms. The van der Waals surface area contributed by atoms with Crippen molar-refractivity contribution in [1.82, 2.24) is 5.32 Å². The lowest BCUT2D eigenvalue weighted by Crippen LogP contribution is -2.71. The van der Waals surface area contributed by atoms with Gasteiger partial charge < -0.3 is 53.5 Å². The molecule has 2 heterocycles. The molecule has 5 N–H and O–H groups in total. The van der Waals surface area contributed by atoms with E-state index < -0.39 is 119 Å². The van der Waals surface area contributed by atoms with Gasteiger partial charge in [-0.15, -0.1) is 0 Å². The van der Waals surface area contributed by atoms with Crippen molar-refractivity contribution >= 4 is 35.6 Å². The van der Waals surface area contributed by atoms with E-state index in [0.717, 1.165) is 26.2 Å². The molecule has 1 aromatic heterocycles. The molecule has 2 bridgehead atoms. The summed E-state index contributed by atoms with van der Waals surface area (Å²) in [7, 11) is 0. The number of carbonyl (C=O) groups is 5. The lowest BCUT2D eigenvalue weighted by molar-refractivity contribution is -0.224. The van der Waals surface area contributed by atoms with Crippen molar-refractivity contribution in [2.75, 3.05) is 13.2 Å². The molecule has 336 valence electrons. The first-order chi connectivity index (χ1) is 29.5. The van der Waals surface area contributed by atoms with Gasteiger partial charge in [0.1, 0.15) is 11.7 Å². The maximum Gasteiger partial charge on any atom is 0.515 e. The average Bonchev–Trinajstić information content (AvgIpc) is 3.94. The predicted molar refractivity (Wildman–Crippen MR) is 218 cm³/mol. The number of ketones is 1. The number of fused-ring (bicyclic) bond motifs is 5. The van der Waals surface area contributed by atoms with Gasteiger partial charge in [0.2, 0.25) is 12.2 Å². The smallest absolute Gasteiger partial charge is 0.465 e. The van der Waals surface area contributed by atoms with Gasteiger partial charge in [-0.2, -0.15) is 0 Å². The summed E-state index contributed by atoms with van der Waals surface area (Å²) < 4.78 is 35.5. The van der Waals surface area contributed by atoms with Crippen molar-refractivity contribution in [1.29, 1.82) is 0 Å². The Hall–Kier alpha value is -4.90. The Balaban J connectivity index is 1.34. The molecule has 1 aliphatic heterocycles. The molecule has 1 aromatic carbocycles. The van der Waals surface area contributed by atoms with E-state index in [1.807, 2.05) is 0 Å². The third kappa shape index (κ3) is 8.33. The van der Waals surface area contributed by atoms with E-state index in [0.29, 0.717) is 12.8 Å². The maximum atomic E-state index is 15.5. The number of nitrogens with one attached hydrogen (secondary N) is 1. The third-order valence-electron chi connectivity index (χ3n) is 14.4. The highest BCUT2D eigenvalue weighted by molar-refractivity contribution is 5.95. The average molecular weight is 865 g/mol. The summed E-state index contributed by atoms with van der Waals surface area (Å²) in [6, 6.07) is 10.1. The maximum absolute atomic E-state index is 15.5. The van der Waals surface area contributed by atoms with Crippen molar-refractivity contribution in [2.45, 2.75) is 128 Å². The van der Waals surface area contributed by atoms with E-state index in [4.69, 9.17) is 28.1 Å². The summed E-state index contributed by atoms with van der Waals surface area (Å²) in [6.45, 7) is 7.04. The molecular formula is C46H58NO15+. The summed E-state index contributed by atoms with van der Waals surface area (Å²) in [6.07, 6.45) is -3.73. The molecule has 0 spiro atoms. The Morgan fingerprint density at radius 2 is 1.71 bits per heavy atom. The van der Waals surface area contributed by atoms with Crippen LogP contribution in [0.15, 0.2) is 64.3 Å². The number of rotatable bonds is 11. The van der Waals surface area contributed by atoms with Crippen molar-refractivity contribution < 1.29 is 72.2 Å². The number of ether oxygens (including phenoxy) is 5. The first-order valence-electron chi connectivity index (χ1n) is 21.6. The lowest BCUT2D eigenvalue weighted by Gasteiger charge is -2.59. The SMILES string of the molecule is CC(=O)OC[C@@H]1CO[C@@H]2C[C@H](O)[C@@]3(C)C(=O)[C@H](OC(C)=O)C4=C(C)[C@@H](OC(=[OH+])[C@H](O)C(NC(=O)c5ccco5)C5CCCCC5)C[C@](O)([C@@H]4C)[C@@H](OC(=O)c4ccccc4)[C@@H]3C12. The quantitative estimate of drug-likeness (QED) is 0.109. The normalized spacial score (nSPS) is 34.3. The second kappa shape index (κ2) is 18.1. The van der Waals surface area contributed by atoms with Crippen LogP contribution >= 0.6 is 0 Å². The molecule has 2 unspecified atom stereocenters. The van der Waals surface area contributed by atoms with E-state index in [-0.39, 0.29) is 48.0 Å². The molecule has 1 amide bonds. The highest BCUT2D eigenvalue weighted by Crippen LogP contribution is 2.60. The van der Waals surface area contributed by atoms with Crippen molar-refractivity contribution in [3.63, 3.8) is 0 Å². The van der Waals surface area contributed by atoms with Crippen LogP contribution in [0.5, 0.6) is 0 Å². The zero-order valence-electron chi connectivity index (χ0n) is 35.7. The fourth-order valence-electron chi connectivity index (χ4n) is 11.1. The molecule has 4 aliphatic carbocycles. The molecule has 1 saturated heterocycles. The van der Waals surface area contributed by atoms with Crippen LogP contribution in [0.1, 0.15) is 100 Å². The zero-order valence-corrected chi connectivity index (χ0v) is 35.7. The van der Waals surface area contributed by atoms with E-state index in [9.17, 15) is 39.3 Å². The Morgan fingerprint density at radius 3 is 2.35 bits per heavy atom. The Labute approximate surface area is 359 Å². The minimum Gasteiger partial charge on any atom is -0.465 e. The number of Topliss-reactive ketones (excluding diaryl/α,β-unsaturated/α-hetero) is 1. The van der Waals surface area contributed by atoms with Gasteiger partial charge in [-0.25, -0.2) is 4.79 Å². The van der Waals surface area contributed by atoms with Crippen LogP contribution in [0.2, 0.25) is 0 Å². The predicted octanol–water partition coefficient (Wildman–Crippen LogP) is 3.62. The number of aliphatic hydroxyl groups is 3. The Morgan fingerprint density at radius 1 is 1.00 bits per heavy atom. The van der Waals surface area contributed by atoms with Crippen molar-refractivity contribution in [2.24, 2.45) is 35.0 Å². The van der Waals surface area contributed by atoms with Crippen LogP contribution in [0.25, 0.3) is 0 Å². The van der Waals surface area contributed by atoms with E-state index in [1.54, 1.807) is 38.1 Å². The number of hydrogen-bond donors (Lipinski definition) is 4. The zero-order chi connectivity index (χ0) is 44.7. The Bertz CT molecular complexity index is 2040. The number of carbonyl (C=O) groups excluding carboxylic acids is 6. The number of amides is 1. The summed E-state index contributed by atoms with van der Waals surface area (Å²) in [5.41, 5.74) is -3.52. The summed E-state index contributed by atoms with van der Waals surface area (Å²) in [4.78, 5) is 79.8. The van der Waals surface area contributed by atoms with Crippen LogP contribution in [-0.4, -0.2) is 117 Å². The first kappa shape index (κ1) is 45.1. The number of furan rings is 1. The minimum absolute atomic E-state index is 0.00438. The van der Waals surface area contributed by atoms with Crippen molar-refractivity contribution in [3.8, 4) is 0 Å². The highest BCUT2D eigenvalue weighted by Gasteiger charge is 2.71. The Kier molecular flexibility index (Phi) is 13.2. The number of aliphatic hydroxyl groups excluding tert-OH is 2. The standard InChI is InChI=1S/C46H57NO15/c1-23-32(61-44(55)38(51)37(27-13-8-6-9-14-27)47-42(53)30-17-12-18-57-30)20-46(56)24(2)34(23)39(60-26(4)49)40(52)45(5)33(50)19-31-35(29(22-59-31)21-58-25(3)48)36(45)41(46)62-43(54)28-15-10-7-11-16-28/h7,10-12,15-18,24,27,29,31-33,35-39,41,50-51,56H,6,8-9,13-14,19-22H2,1-5H3,(H,47,53)/p+1/t24-,29-,31-,32+,33+,35?,36+,37?,38-,39-,41+,45-,46+/m1/s1. The molecule has 4 fully saturated rings. The summed E-state index contributed by atoms with van der Waals surface area (Å²) in [5.74, 6) is -8.35. The highest BCUT2D eigenvalue weighted by atomic mass is 16.6. The molecule has 0 radical (unpaired) electrons. The minimum atomic E-state index is -2.19. The molecule has 2 aromatic rings. The number of esters is 4. The second-order valence-corrected chi connectivity index (χ2v) is 17.9. The first-order valence-corrected chi connectivity index (χ1v) is 21.6. The van der Waals surface area contributed by atoms with E-state index >= 15 is 4.79 Å². The second-order valence-electron chi connectivity index (χ2n) is 17.9. The topological polar surface area (TPSA) is 239 Å². The van der Waals surface area contributed by atoms with Gasteiger partial charge in [0.15, 0.2) is 17.6 Å². The molecule has 16 heteroatoms. The van der Waals surface area contributed by atoms with Crippen molar-refractivity contribution in [3.05, 3.63) is 71.2 Å². The fourth-order valence-corrected chi connectivity index (χ4v) is 11.1. The molecule has 7 rings (SSSR count).